The highest BCUT2D eigenvalue weighted by Crippen LogP contribution is 2.21. The summed E-state index contributed by atoms with van der Waals surface area (Å²) in [6.07, 6.45) is 0.783. The molecule has 9 nitrogen and oxygen atoms in total. The van der Waals surface area contributed by atoms with Crippen LogP contribution >= 0.6 is 0 Å². The lowest BCUT2D eigenvalue weighted by Crippen LogP contribution is -2.49. The number of ether oxygens (including phenoxy) is 1. The van der Waals surface area contributed by atoms with E-state index in [4.69, 9.17) is 4.74 Å². The van der Waals surface area contributed by atoms with Gasteiger partial charge in [-0.3, -0.25) is 0 Å². The van der Waals surface area contributed by atoms with Crippen LogP contribution in [0.4, 0.5) is 10.5 Å². The van der Waals surface area contributed by atoms with Crippen molar-refractivity contribution >= 4 is 32.6 Å². The molecule has 1 aromatic heterocycles. The molecule has 0 radical (unpaired) electrons. The van der Waals surface area contributed by atoms with Gasteiger partial charge >= 0.3 is 6.03 Å². The molecule has 10 heteroatoms. The van der Waals surface area contributed by atoms with Crippen molar-refractivity contribution in [3.05, 3.63) is 30.0 Å². The van der Waals surface area contributed by atoms with E-state index in [1.807, 2.05) is 19.1 Å². The maximum absolute atomic E-state index is 12.2. The fourth-order valence-electron chi connectivity index (χ4n) is 2.76. The number of urea groups is 1. The number of aryl methyl sites for hydroxylation is 1. The molecule has 0 aliphatic carbocycles. The molecule has 1 fully saturated rings. The zero-order valence-electron chi connectivity index (χ0n) is 14.6. The number of hydrogen-bond acceptors (Lipinski definition) is 6. The van der Waals surface area contributed by atoms with Gasteiger partial charge in [0.2, 0.25) is 10.0 Å². The Morgan fingerprint density at radius 3 is 2.96 bits per heavy atom. The maximum Gasteiger partial charge on any atom is 0.319 e. The molecule has 0 spiro atoms. The minimum atomic E-state index is -3.26. The summed E-state index contributed by atoms with van der Waals surface area (Å²) in [7, 11) is -3.26. The van der Waals surface area contributed by atoms with E-state index in [-0.39, 0.29) is 19.2 Å². The van der Waals surface area contributed by atoms with Crippen molar-refractivity contribution in [2.75, 3.05) is 37.8 Å². The van der Waals surface area contributed by atoms with Crippen LogP contribution < -0.4 is 10.6 Å². The van der Waals surface area contributed by atoms with Crippen LogP contribution in [0.1, 0.15) is 5.69 Å². The van der Waals surface area contributed by atoms with Crippen LogP contribution in [-0.2, 0) is 14.8 Å². The summed E-state index contributed by atoms with van der Waals surface area (Å²) in [5.74, 6) is 0. The number of morpholine rings is 1. The fourth-order valence-corrected chi connectivity index (χ4v) is 3.60. The summed E-state index contributed by atoms with van der Waals surface area (Å²) < 4.78 is 30.1. The zero-order valence-corrected chi connectivity index (χ0v) is 15.4. The number of anilines is 1. The van der Waals surface area contributed by atoms with Gasteiger partial charge in [0.05, 0.1) is 35.9 Å². The fraction of sp³-hybridized carbons (Fsp3) is 0.438. The van der Waals surface area contributed by atoms with Crippen molar-refractivity contribution in [3.63, 3.8) is 0 Å². The topological polar surface area (TPSA) is 114 Å². The minimum absolute atomic E-state index is 0.210. The van der Waals surface area contributed by atoms with Crippen LogP contribution in [0.2, 0.25) is 0 Å². The van der Waals surface area contributed by atoms with Crippen molar-refractivity contribution in [1.82, 2.24) is 19.8 Å². The van der Waals surface area contributed by atoms with Crippen molar-refractivity contribution in [3.8, 4) is 0 Å². The van der Waals surface area contributed by atoms with Crippen LogP contribution in [-0.4, -0.2) is 67.6 Å². The third kappa shape index (κ3) is 4.45. The smallest absolute Gasteiger partial charge is 0.319 e. The predicted octanol–water partition coefficient (Wildman–Crippen LogP) is 0.720. The molecule has 1 saturated heterocycles. The SMILES string of the molecule is Cc1cc2c(NC(=O)NC[C@@H]3CN(S(C)(=O)=O)CCO3)cccc2nn1. The highest BCUT2D eigenvalue weighted by molar-refractivity contribution is 7.88. The molecule has 3 rings (SSSR count). The lowest BCUT2D eigenvalue weighted by Gasteiger charge is -2.31. The Balaban J connectivity index is 1.61. The van der Waals surface area contributed by atoms with Gasteiger partial charge in [-0.2, -0.15) is 14.5 Å². The first kappa shape index (κ1) is 18.5. The average molecular weight is 379 g/mol. The van der Waals surface area contributed by atoms with Crippen LogP contribution in [0.15, 0.2) is 24.3 Å². The van der Waals surface area contributed by atoms with Crippen molar-refractivity contribution < 1.29 is 17.9 Å². The largest absolute Gasteiger partial charge is 0.374 e. The first-order valence-corrected chi connectivity index (χ1v) is 10.0. The third-order valence-electron chi connectivity index (χ3n) is 4.06. The number of amides is 2. The van der Waals surface area contributed by atoms with E-state index in [1.165, 1.54) is 10.6 Å². The maximum atomic E-state index is 12.2. The lowest BCUT2D eigenvalue weighted by atomic mass is 10.2. The standard InChI is InChI=1S/C16H21N5O4S/c1-11-8-13-14(4-3-5-15(13)20-19-11)18-16(22)17-9-12-10-21(6-7-25-12)26(2,23)24/h3-5,8,12H,6-7,9-10H2,1-2H3,(H2,17,18,22)/t12-/m1/s1. The highest BCUT2D eigenvalue weighted by Gasteiger charge is 2.26. The second-order valence-corrected chi connectivity index (χ2v) is 8.16. The van der Waals surface area contributed by atoms with Crippen LogP contribution in [0.25, 0.3) is 10.9 Å². The number of carbonyl (C=O) groups is 1. The van der Waals surface area contributed by atoms with E-state index in [1.54, 1.807) is 12.1 Å². The Labute approximate surface area is 151 Å². The first-order chi connectivity index (χ1) is 12.3. The molecule has 1 atom stereocenters. The van der Waals surface area contributed by atoms with Gasteiger partial charge in [-0.05, 0) is 25.1 Å². The Morgan fingerprint density at radius 2 is 2.19 bits per heavy atom. The average Bonchev–Trinajstić information content (AvgIpc) is 2.60. The summed E-state index contributed by atoms with van der Waals surface area (Å²) in [5, 5.41) is 14.4. The number of aromatic nitrogens is 2. The summed E-state index contributed by atoms with van der Waals surface area (Å²) >= 11 is 0. The van der Waals surface area contributed by atoms with Crippen molar-refractivity contribution in [2.24, 2.45) is 0 Å². The molecule has 2 heterocycles. The Bertz CT molecular complexity index is 918. The molecule has 1 aromatic carbocycles. The molecule has 0 unspecified atom stereocenters. The number of hydrogen-bond donors (Lipinski definition) is 2. The summed E-state index contributed by atoms with van der Waals surface area (Å²) in [4.78, 5) is 12.2. The molecular formula is C16H21N5O4S. The van der Waals surface area contributed by atoms with Gasteiger partial charge in [-0.15, -0.1) is 0 Å². The van der Waals surface area contributed by atoms with Gasteiger partial charge in [0.25, 0.3) is 0 Å². The number of benzene rings is 1. The Kier molecular flexibility index (Phi) is 5.35. The molecular weight excluding hydrogens is 358 g/mol. The van der Waals surface area contributed by atoms with Gasteiger partial charge < -0.3 is 15.4 Å². The third-order valence-corrected chi connectivity index (χ3v) is 5.33. The molecule has 26 heavy (non-hydrogen) atoms. The predicted molar refractivity (Wildman–Crippen MR) is 97.5 cm³/mol. The number of carbonyl (C=O) groups excluding carboxylic acids is 1. The van der Waals surface area contributed by atoms with E-state index in [0.717, 1.165) is 11.1 Å². The summed E-state index contributed by atoms with van der Waals surface area (Å²) in [5.41, 5.74) is 2.07. The van der Waals surface area contributed by atoms with E-state index >= 15 is 0 Å². The van der Waals surface area contributed by atoms with Crippen LogP contribution in [0.5, 0.6) is 0 Å². The molecule has 0 bridgehead atoms. The number of fused-ring (bicyclic) bond motifs is 1. The van der Waals surface area contributed by atoms with E-state index in [0.29, 0.717) is 24.4 Å². The van der Waals surface area contributed by atoms with E-state index < -0.39 is 16.1 Å². The number of rotatable bonds is 4. The zero-order chi connectivity index (χ0) is 18.7. The van der Waals surface area contributed by atoms with Gasteiger partial charge in [-0.25, -0.2) is 13.2 Å². The Hall–Kier alpha value is -2.30. The minimum Gasteiger partial charge on any atom is -0.374 e. The molecule has 2 N–H and O–H groups in total. The number of nitrogens with zero attached hydrogens (tertiary/aromatic N) is 3. The quantitative estimate of drug-likeness (QED) is 0.809. The van der Waals surface area contributed by atoms with Crippen LogP contribution in [0.3, 0.4) is 0 Å². The summed E-state index contributed by atoms with van der Waals surface area (Å²) in [6.45, 7) is 2.90. The summed E-state index contributed by atoms with van der Waals surface area (Å²) in [6, 6.07) is 6.85. The van der Waals surface area contributed by atoms with Gasteiger partial charge in [0.1, 0.15) is 0 Å². The second kappa shape index (κ2) is 7.52. The molecule has 140 valence electrons. The first-order valence-electron chi connectivity index (χ1n) is 8.17. The second-order valence-electron chi connectivity index (χ2n) is 6.17. The monoisotopic (exact) mass is 379 g/mol. The van der Waals surface area contributed by atoms with E-state index in [9.17, 15) is 13.2 Å². The van der Waals surface area contributed by atoms with Crippen LogP contribution in [0, 0.1) is 6.92 Å². The van der Waals surface area contributed by atoms with Gasteiger partial charge in [0, 0.05) is 25.0 Å². The molecule has 2 aromatic rings. The molecule has 1 aliphatic heterocycles. The van der Waals surface area contributed by atoms with Crippen molar-refractivity contribution in [1.29, 1.82) is 0 Å². The Morgan fingerprint density at radius 1 is 1.38 bits per heavy atom. The normalized spacial score (nSPS) is 18.6. The van der Waals surface area contributed by atoms with Gasteiger partial charge in [-0.1, -0.05) is 6.07 Å². The molecule has 2 amide bonds. The highest BCUT2D eigenvalue weighted by atomic mass is 32.2. The lowest BCUT2D eigenvalue weighted by molar-refractivity contribution is 0.00167. The molecule has 0 saturated carbocycles. The van der Waals surface area contributed by atoms with Gasteiger partial charge in [0.15, 0.2) is 0 Å². The number of sulfonamides is 1. The van der Waals surface area contributed by atoms with Crippen molar-refractivity contribution in [2.45, 2.75) is 13.0 Å². The van der Waals surface area contributed by atoms with E-state index in [2.05, 4.69) is 20.8 Å². The number of nitrogens with one attached hydrogen (secondary N) is 2. The molecule has 1 aliphatic rings.